The van der Waals surface area contributed by atoms with Crippen molar-refractivity contribution in [3.05, 3.63) is 12.2 Å². The van der Waals surface area contributed by atoms with Crippen molar-refractivity contribution in [2.24, 2.45) is 0 Å². The first-order valence-corrected chi connectivity index (χ1v) is 8.42. The Morgan fingerprint density at radius 3 is 2.31 bits per heavy atom. The molecule has 78 valence electrons. The second-order valence-electron chi connectivity index (χ2n) is 4.57. The van der Waals surface area contributed by atoms with Gasteiger partial charge in [-0.2, -0.15) is 0 Å². The molecule has 1 unspecified atom stereocenters. The highest BCUT2D eigenvalue weighted by Crippen LogP contribution is 2.18. The van der Waals surface area contributed by atoms with Crippen LogP contribution >= 0.6 is 0 Å². The Hall–Kier alpha value is -0.0831. The Balaban J connectivity index is 4.14. The van der Waals surface area contributed by atoms with Crippen molar-refractivity contribution in [2.75, 3.05) is 20.3 Å². The van der Waals surface area contributed by atoms with E-state index in [9.17, 15) is 0 Å². The van der Waals surface area contributed by atoms with Crippen LogP contribution in [-0.2, 0) is 0 Å². The van der Waals surface area contributed by atoms with E-state index in [1.807, 2.05) is 0 Å². The standard InChI is InChI=1S/C11H25NSi/c1-6-8-10-13(5,9-7-2)11-12(3)4/h6,8H,7,9-11H2,1-5H3. The van der Waals surface area contributed by atoms with Crippen LogP contribution < -0.4 is 0 Å². The molecule has 0 fully saturated rings. The molecule has 0 spiro atoms. The van der Waals surface area contributed by atoms with Gasteiger partial charge in [-0.1, -0.05) is 38.1 Å². The number of rotatable bonds is 6. The smallest absolute Gasteiger partial charge is 0.0696 e. The molecule has 1 atom stereocenters. The van der Waals surface area contributed by atoms with Gasteiger partial charge in [-0.05, 0) is 33.2 Å². The summed E-state index contributed by atoms with van der Waals surface area (Å²) in [4.78, 5) is 2.35. The zero-order valence-electron chi connectivity index (χ0n) is 9.93. The predicted octanol–water partition coefficient (Wildman–Crippen LogP) is 3.15. The van der Waals surface area contributed by atoms with E-state index < -0.39 is 8.07 Å². The third-order valence-electron chi connectivity index (χ3n) is 2.40. The van der Waals surface area contributed by atoms with Crippen molar-refractivity contribution in [1.82, 2.24) is 4.90 Å². The van der Waals surface area contributed by atoms with Crippen molar-refractivity contribution >= 4 is 8.07 Å². The summed E-state index contributed by atoms with van der Waals surface area (Å²) in [5, 5.41) is 0. The average molecular weight is 199 g/mol. The summed E-state index contributed by atoms with van der Waals surface area (Å²) in [6.45, 7) is 6.95. The van der Waals surface area contributed by atoms with Gasteiger partial charge in [0.2, 0.25) is 0 Å². The molecule has 0 aliphatic rings. The minimum absolute atomic E-state index is 0.994. The molecule has 0 saturated heterocycles. The molecule has 0 aliphatic heterocycles. The molecule has 0 saturated carbocycles. The van der Waals surface area contributed by atoms with E-state index in [0.29, 0.717) is 0 Å². The van der Waals surface area contributed by atoms with Gasteiger partial charge in [-0.3, -0.25) is 0 Å². The second kappa shape index (κ2) is 6.38. The molecule has 0 rings (SSSR count). The third-order valence-corrected chi connectivity index (χ3v) is 6.72. The molecule has 0 aromatic carbocycles. The van der Waals surface area contributed by atoms with E-state index in [-0.39, 0.29) is 0 Å². The molecule has 0 N–H and O–H groups in total. The van der Waals surface area contributed by atoms with Crippen molar-refractivity contribution in [3.8, 4) is 0 Å². The normalized spacial score (nSPS) is 16.8. The Kier molecular flexibility index (Phi) is 6.34. The maximum atomic E-state index is 2.52. The van der Waals surface area contributed by atoms with Crippen LogP contribution in [0.2, 0.25) is 18.6 Å². The summed E-state index contributed by atoms with van der Waals surface area (Å²) in [7, 11) is 3.39. The fourth-order valence-electron chi connectivity index (χ4n) is 2.02. The van der Waals surface area contributed by atoms with Gasteiger partial charge in [-0.25, -0.2) is 0 Å². The molecule has 0 bridgehead atoms. The molecule has 0 heterocycles. The number of allylic oxidation sites excluding steroid dienone is 2. The van der Waals surface area contributed by atoms with Crippen molar-refractivity contribution in [3.63, 3.8) is 0 Å². The fourth-order valence-corrected chi connectivity index (χ4v) is 6.05. The highest BCUT2D eigenvalue weighted by Gasteiger charge is 2.24. The quantitative estimate of drug-likeness (QED) is 0.469. The molecule has 0 aliphatic carbocycles. The summed E-state index contributed by atoms with van der Waals surface area (Å²) in [6, 6.07) is 2.80. The Bertz CT molecular complexity index is 154. The Morgan fingerprint density at radius 1 is 1.31 bits per heavy atom. The predicted molar refractivity (Wildman–Crippen MR) is 64.9 cm³/mol. The zero-order valence-corrected chi connectivity index (χ0v) is 10.9. The highest BCUT2D eigenvalue weighted by atomic mass is 28.3. The van der Waals surface area contributed by atoms with E-state index in [1.54, 1.807) is 0 Å². The van der Waals surface area contributed by atoms with Crippen LogP contribution in [0.15, 0.2) is 12.2 Å². The number of hydrogen-bond acceptors (Lipinski definition) is 1. The van der Waals surface area contributed by atoms with E-state index in [2.05, 4.69) is 51.5 Å². The number of hydrogen-bond donors (Lipinski definition) is 0. The van der Waals surface area contributed by atoms with Gasteiger partial charge < -0.3 is 4.90 Å². The molecule has 0 radical (unpaired) electrons. The van der Waals surface area contributed by atoms with Gasteiger partial charge in [0.25, 0.3) is 0 Å². The minimum Gasteiger partial charge on any atom is -0.312 e. The van der Waals surface area contributed by atoms with Crippen molar-refractivity contribution in [1.29, 1.82) is 0 Å². The lowest BCUT2D eigenvalue weighted by Gasteiger charge is -2.29. The van der Waals surface area contributed by atoms with E-state index in [4.69, 9.17) is 0 Å². The Labute approximate surface area is 84.8 Å². The summed E-state index contributed by atoms with van der Waals surface area (Å²) < 4.78 is 0. The lowest BCUT2D eigenvalue weighted by atomic mass is 10.6. The second-order valence-corrected chi connectivity index (χ2v) is 9.42. The Morgan fingerprint density at radius 2 is 1.92 bits per heavy atom. The van der Waals surface area contributed by atoms with E-state index in [0.717, 1.165) is 0 Å². The van der Waals surface area contributed by atoms with Crippen LogP contribution in [0, 0.1) is 0 Å². The van der Waals surface area contributed by atoms with E-state index >= 15 is 0 Å². The van der Waals surface area contributed by atoms with Crippen LogP contribution in [0.4, 0.5) is 0 Å². The SMILES string of the molecule is CC=CC[Si](C)(CCC)CN(C)C. The minimum atomic E-state index is -0.994. The summed E-state index contributed by atoms with van der Waals surface area (Å²) in [5.74, 6) is 0. The van der Waals surface area contributed by atoms with Gasteiger partial charge in [0.1, 0.15) is 0 Å². The van der Waals surface area contributed by atoms with Crippen LogP contribution in [0.3, 0.4) is 0 Å². The average Bonchev–Trinajstić information content (AvgIpc) is 2.00. The fraction of sp³-hybridized carbons (Fsp3) is 0.818. The van der Waals surface area contributed by atoms with Gasteiger partial charge in [0.15, 0.2) is 0 Å². The first-order chi connectivity index (χ1) is 6.04. The van der Waals surface area contributed by atoms with Crippen molar-refractivity contribution < 1.29 is 0 Å². The van der Waals surface area contributed by atoms with Crippen LogP contribution in [0.5, 0.6) is 0 Å². The third kappa shape index (κ3) is 6.05. The lowest BCUT2D eigenvalue weighted by molar-refractivity contribution is 0.468. The lowest BCUT2D eigenvalue weighted by Crippen LogP contribution is -2.41. The summed E-state index contributed by atoms with van der Waals surface area (Å²) in [5.41, 5.74) is 0. The first kappa shape index (κ1) is 12.9. The first-order valence-electron chi connectivity index (χ1n) is 5.30. The highest BCUT2D eigenvalue weighted by molar-refractivity contribution is 6.79. The van der Waals surface area contributed by atoms with Crippen LogP contribution in [0.25, 0.3) is 0 Å². The van der Waals surface area contributed by atoms with Gasteiger partial charge in [-0.15, -0.1) is 0 Å². The van der Waals surface area contributed by atoms with Gasteiger partial charge in [0, 0.05) is 0 Å². The molecule has 2 heteroatoms. The molecule has 0 aromatic rings. The van der Waals surface area contributed by atoms with Crippen molar-refractivity contribution in [2.45, 2.75) is 38.9 Å². The maximum Gasteiger partial charge on any atom is 0.0696 e. The molecular weight excluding hydrogens is 174 g/mol. The van der Waals surface area contributed by atoms with E-state index in [1.165, 1.54) is 24.7 Å². The molecule has 13 heavy (non-hydrogen) atoms. The number of nitrogens with zero attached hydrogens (tertiary/aromatic N) is 1. The molecule has 0 aromatic heterocycles. The molecule has 0 amide bonds. The van der Waals surface area contributed by atoms with Gasteiger partial charge in [0.05, 0.1) is 8.07 Å². The maximum absolute atomic E-state index is 2.52. The summed E-state index contributed by atoms with van der Waals surface area (Å²) >= 11 is 0. The van der Waals surface area contributed by atoms with Crippen LogP contribution in [0.1, 0.15) is 20.3 Å². The topological polar surface area (TPSA) is 3.24 Å². The van der Waals surface area contributed by atoms with Gasteiger partial charge >= 0.3 is 0 Å². The molecule has 1 nitrogen and oxygen atoms in total. The zero-order chi connectivity index (χ0) is 10.3. The summed E-state index contributed by atoms with van der Waals surface area (Å²) in [6.07, 6.45) is 7.21. The monoisotopic (exact) mass is 199 g/mol. The van der Waals surface area contributed by atoms with Crippen LogP contribution in [-0.4, -0.2) is 33.2 Å². The molecular formula is C11H25NSi. The largest absolute Gasteiger partial charge is 0.312 e.